The number of hydrogen-bond donors (Lipinski definition) is 2. The number of nitrogens with one attached hydrogen (secondary N) is 2. The van der Waals surface area contributed by atoms with Gasteiger partial charge in [0.1, 0.15) is 17.7 Å². The third-order valence-electron chi connectivity index (χ3n) is 7.69. The molecule has 3 atom stereocenters. The average Bonchev–Trinajstić information content (AvgIpc) is 2.91. The standard InChI is InChI=1S/C38H53N3O4/c1-24(2)15-16-28(7)41(36(43)33(19-25(3)4)40-37(44)45-38(8,9)10)34(31-21-26(5)20-27(6)22-31)35(42)39-32-18-17-29-13-11-12-14-30(29)23-32/h11-14,17-18,20-25,28,33-34H,15-16,19H2,1-10H3,(H,39,42)(H,40,44). The first-order valence-corrected chi connectivity index (χ1v) is 16.2. The van der Waals surface area contributed by atoms with Crippen LogP contribution >= 0.6 is 0 Å². The number of aryl methyl sites for hydroxylation is 2. The van der Waals surface area contributed by atoms with Gasteiger partial charge in [0, 0.05) is 11.7 Å². The van der Waals surface area contributed by atoms with Crippen molar-refractivity contribution in [3.8, 4) is 0 Å². The van der Waals surface area contributed by atoms with Gasteiger partial charge < -0.3 is 20.3 Å². The largest absolute Gasteiger partial charge is 0.444 e. The number of alkyl carbamates (subject to hydrolysis) is 1. The maximum atomic E-state index is 14.8. The summed E-state index contributed by atoms with van der Waals surface area (Å²) in [7, 11) is 0. The molecule has 244 valence electrons. The van der Waals surface area contributed by atoms with Crippen molar-refractivity contribution >= 4 is 34.4 Å². The highest BCUT2D eigenvalue weighted by atomic mass is 16.6. The van der Waals surface area contributed by atoms with Gasteiger partial charge in [-0.1, -0.05) is 87.4 Å². The van der Waals surface area contributed by atoms with E-state index in [9.17, 15) is 14.4 Å². The zero-order chi connectivity index (χ0) is 33.5. The summed E-state index contributed by atoms with van der Waals surface area (Å²) in [6.45, 7) is 19.7. The van der Waals surface area contributed by atoms with Gasteiger partial charge in [-0.05, 0) is 101 Å². The van der Waals surface area contributed by atoms with Gasteiger partial charge in [0.25, 0.3) is 5.91 Å². The van der Waals surface area contributed by atoms with Crippen LogP contribution in [-0.2, 0) is 14.3 Å². The Bertz CT molecular complexity index is 1450. The van der Waals surface area contributed by atoms with E-state index >= 15 is 0 Å². The molecule has 7 heteroatoms. The molecular weight excluding hydrogens is 562 g/mol. The normalized spacial score (nSPS) is 13.8. The molecule has 0 heterocycles. The second kappa shape index (κ2) is 15.4. The van der Waals surface area contributed by atoms with Crippen molar-refractivity contribution in [1.82, 2.24) is 10.2 Å². The third-order valence-corrected chi connectivity index (χ3v) is 7.69. The Balaban J connectivity index is 2.13. The smallest absolute Gasteiger partial charge is 0.408 e. The molecule has 3 rings (SSSR count). The number of hydrogen-bond acceptors (Lipinski definition) is 4. The molecule has 3 unspecified atom stereocenters. The molecular formula is C38H53N3O4. The highest BCUT2D eigenvalue weighted by molar-refractivity contribution is 6.00. The lowest BCUT2D eigenvalue weighted by Crippen LogP contribution is -2.55. The Morgan fingerprint density at radius 3 is 2.00 bits per heavy atom. The van der Waals surface area contributed by atoms with Gasteiger partial charge in [0.15, 0.2) is 0 Å². The van der Waals surface area contributed by atoms with Crippen molar-refractivity contribution in [2.75, 3.05) is 5.32 Å². The Morgan fingerprint density at radius 2 is 1.42 bits per heavy atom. The summed E-state index contributed by atoms with van der Waals surface area (Å²) in [5.41, 5.74) is 2.67. The van der Waals surface area contributed by atoms with Gasteiger partial charge in [0.2, 0.25) is 5.91 Å². The summed E-state index contributed by atoms with van der Waals surface area (Å²) in [6.07, 6.45) is 1.33. The van der Waals surface area contributed by atoms with Crippen molar-refractivity contribution in [2.24, 2.45) is 11.8 Å². The fourth-order valence-corrected chi connectivity index (χ4v) is 5.72. The lowest BCUT2D eigenvalue weighted by molar-refractivity contribution is -0.144. The monoisotopic (exact) mass is 615 g/mol. The van der Waals surface area contributed by atoms with E-state index in [1.165, 1.54) is 0 Å². The Kier molecular flexibility index (Phi) is 12.2. The molecule has 7 nitrogen and oxygen atoms in total. The second-order valence-electron chi connectivity index (χ2n) is 14.3. The second-order valence-corrected chi connectivity index (χ2v) is 14.3. The Hall–Kier alpha value is -3.87. The molecule has 2 N–H and O–H groups in total. The number of nitrogens with zero attached hydrogens (tertiary/aromatic N) is 1. The van der Waals surface area contributed by atoms with Crippen molar-refractivity contribution in [3.05, 3.63) is 77.4 Å². The van der Waals surface area contributed by atoms with E-state index < -0.39 is 23.8 Å². The van der Waals surface area contributed by atoms with Gasteiger partial charge in [-0.3, -0.25) is 9.59 Å². The molecule has 3 aromatic rings. The van der Waals surface area contributed by atoms with E-state index in [4.69, 9.17) is 4.74 Å². The number of rotatable bonds is 12. The third kappa shape index (κ3) is 10.6. The van der Waals surface area contributed by atoms with Crippen LogP contribution in [0, 0.1) is 25.7 Å². The lowest BCUT2D eigenvalue weighted by Gasteiger charge is -2.39. The summed E-state index contributed by atoms with van der Waals surface area (Å²) in [5, 5.41) is 8.08. The Labute approximate surface area is 270 Å². The van der Waals surface area contributed by atoms with E-state index in [1.54, 1.807) is 25.7 Å². The quantitative estimate of drug-likeness (QED) is 0.213. The van der Waals surface area contributed by atoms with Crippen LogP contribution in [0.15, 0.2) is 60.7 Å². The number of carbonyl (C=O) groups excluding carboxylic acids is 3. The number of amides is 3. The van der Waals surface area contributed by atoms with Crippen LogP contribution in [0.25, 0.3) is 10.8 Å². The minimum atomic E-state index is -0.931. The van der Waals surface area contributed by atoms with Crippen molar-refractivity contribution in [1.29, 1.82) is 0 Å². The molecule has 0 radical (unpaired) electrons. The van der Waals surface area contributed by atoms with Crippen LogP contribution in [0.1, 0.15) is 97.4 Å². The average molecular weight is 616 g/mol. The van der Waals surface area contributed by atoms with Crippen LogP contribution in [0.2, 0.25) is 0 Å². The molecule has 0 aliphatic carbocycles. The summed E-state index contributed by atoms with van der Waals surface area (Å²) in [4.78, 5) is 44.0. The fraction of sp³-hybridized carbons (Fsp3) is 0.500. The van der Waals surface area contributed by atoms with Crippen molar-refractivity contribution < 1.29 is 19.1 Å². The molecule has 3 amide bonds. The summed E-state index contributed by atoms with van der Waals surface area (Å²) in [5.74, 6) is -0.0844. The molecule has 0 saturated heterocycles. The maximum absolute atomic E-state index is 14.8. The molecule has 0 fully saturated rings. The molecule has 0 spiro atoms. The first-order chi connectivity index (χ1) is 21.0. The predicted octanol–water partition coefficient (Wildman–Crippen LogP) is 8.73. The maximum Gasteiger partial charge on any atom is 0.408 e. The summed E-state index contributed by atoms with van der Waals surface area (Å²) < 4.78 is 5.56. The van der Waals surface area contributed by atoms with Crippen LogP contribution in [-0.4, -0.2) is 40.5 Å². The highest BCUT2D eigenvalue weighted by Gasteiger charge is 2.39. The number of ether oxygens (including phenoxy) is 1. The SMILES string of the molecule is Cc1cc(C)cc(C(C(=O)Nc2ccc3ccccc3c2)N(C(=O)C(CC(C)C)NC(=O)OC(C)(C)C)C(C)CCC(C)C)c1. The minimum absolute atomic E-state index is 0.104. The molecule has 0 aliphatic rings. The lowest BCUT2D eigenvalue weighted by atomic mass is 9.94. The number of anilines is 1. The van der Waals surface area contributed by atoms with Gasteiger partial charge in [-0.2, -0.15) is 0 Å². The van der Waals surface area contributed by atoms with Crippen LogP contribution in [0.5, 0.6) is 0 Å². The fourth-order valence-electron chi connectivity index (χ4n) is 5.72. The summed E-state index contributed by atoms with van der Waals surface area (Å²) in [6, 6.07) is 17.7. The molecule has 0 bridgehead atoms. The van der Waals surface area contributed by atoms with E-state index in [0.29, 0.717) is 24.4 Å². The topological polar surface area (TPSA) is 87.7 Å². The zero-order valence-electron chi connectivity index (χ0n) is 28.9. The van der Waals surface area contributed by atoms with Gasteiger partial charge in [-0.15, -0.1) is 0 Å². The van der Waals surface area contributed by atoms with Crippen molar-refractivity contribution in [3.63, 3.8) is 0 Å². The molecule has 0 saturated carbocycles. The minimum Gasteiger partial charge on any atom is -0.444 e. The van der Waals surface area contributed by atoms with Gasteiger partial charge >= 0.3 is 6.09 Å². The first kappa shape index (κ1) is 35.6. The van der Waals surface area contributed by atoms with Crippen LogP contribution in [0.4, 0.5) is 10.5 Å². The summed E-state index contributed by atoms with van der Waals surface area (Å²) >= 11 is 0. The van der Waals surface area contributed by atoms with E-state index in [2.05, 4.69) is 30.5 Å². The zero-order valence-corrected chi connectivity index (χ0v) is 28.9. The number of carbonyl (C=O) groups is 3. The number of fused-ring (bicyclic) bond motifs is 1. The van der Waals surface area contributed by atoms with E-state index in [1.807, 2.05) is 89.2 Å². The Morgan fingerprint density at radius 1 is 0.800 bits per heavy atom. The van der Waals surface area contributed by atoms with Crippen LogP contribution in [0.3, 0.4) is 0 Å². The van der Waals surface area contributed by atoms with E-state index in [0.717, 1.165) is 33.9 Å². The van der Waals surface area contributed by atoms with Gasteiger partial charge in [0.05, 0.1) is 0 Å². The molecule has 45 heavy (non-hydrogen) atoms. The van der Waals surface area contributed by atoms with Crippen molar-refractivity contribution in [2.45, 2.75) is 112 Å². The van der Waals surface area contributed by atoms with E-state index in [-0.39, 0.29) is 23.8 Å². The predicted molar refractivity (Wildman–Crippen MR) is 184 cm³/mol. The molecule has 0 aliphatic heterocycles. The van der Waals surface area contributed by atoms with Gasteiger partial charge in [-0.25, -0.2) is 4.79 Å². The first-order valence-electron chi connectivity index (χ1n) is 16.2. The molecule has 0 aromatic heterocycles. The molecule has 3 aromatic carbocycles. The number of benzene rings is 3. The highest BCUT2D eigenvalue weighted by Crippen LogP contribution is 2.31. The van der Waals surface area contributed by atoms with Crippen LogP contribution < -0.4 is 10.6 Å².